The van der Waals surface area contributed by atoms with Gasteiger partial charge in [-0.25, -0.2) is 4.98 Å². The van der Waals surface area contributed by atoms with E-state index >= 15 is 0 Å². The number of rotatable bonds is 3. The molecule has 23 heavy (non-hydrogen) atoms. The maximum Gasteiger partial charge on any atom is 0.275 e. The fraction of sp³-hybridized carbons (Fsp3) is 0.412. The second-order valence-corrected chi connectivity index (χ2v) is 6.82. The summed E-state index contributed by atoms with van der Waals surface area (Å²) in [7, 11) is 0. The number of aromatic nitrogens is 1. The monoisotopic (exact) mass is 331 g/mol. The normalized spacial score (nSPS) is 15.6. The number of hydrogen-bond acceptors (Lipinski definition) is 5. The number of anilines is 1. The fourth-order valence-corrected chi connectivity index (χ4v) is 3.75. The first-order chi connectivity index (χ1) is 11.1. The molecule has 0 saturated carbocycles. The number of thiazole rings is 1. The van der Waals surface area contributed by atoms with Crippen molar-refractivity contribution in [2.75, 3.05) is 18.4 Å². The van der Waals surface area contributed by atoms with Crippen LogP contribution in [0.5, 0.6) is 5.75 Å². The molecule has 0 atom stereocenters. The minimum Gasteiger partial charge on any atom is -0.508 e. The Morgan fingerprint density at radius 3 is 2.78 bits per heavy atom. The second kappa shape index (κ2) is 6.68. The third-order valence-corrected chi connectivity index (χ3v) is 5.46. The Balaban J connectivity index is 1.74. The highest BCUT2D eigenvalue weighted by atomic mass is 32.1. The summed E-state index contributed by atoms with van der Waals surface area (Å²) < 4.78 is 0. The van der Waals surface area contributed by atoms with E-state index < -0.39 is 0 Å². The van der Waals surface area contributed by atoms with Crippen molar-refractivity contribution in [3.63, 3.8) is 0 Å². The number of amides is 1. The maximum atomic E-state index is 12.4. The van der Waals surface area contributed by atoms with Crippen molar-refractivity contribution in [3.8, 4) is 5.75 Å². The molecule has 2 aromatic rings. The molecular weight excluding hydrogens is 310 g/mol. The molecule has 1 aliphatic heterocycles. The number of benzene rings is 1. The second-order valence-electron chi connectivity index (χ2n) is 5.93. The van der Waals surface area contributed by atoms with Crippen LogP contribution in [0, 0.1) is 13.8 Å². The number of aromatic hydroxyl groups is 1. The van der Waals surface area contributed by atoms with Crippen molar-refractivity contribution in [2.24, 2.45) is 0 Å². The summed E-state index contributed by atoms with van der Waals surface area (Å²) in [5.74, 6) is 0.498. The highest BCUT2D eigenvalue weighted by molar-refractivity contribution is 7.09. The summed E-state index contributed by atoms with van der Waals surface area (Å²) in [6, 6.07) is 3.31. The van der Waals surface area contributed by atoms with Crippen molar-refractivity contribution in [1.29, 1.82) is 0 Å². The van der Waals surface area contributed by atoms with Crippen LogP contribution in [0.2, 0.25) is 0 Å². The summed E-state index contributed by atoms with van der Waals surface area (Å²) in [6.45, 7) is 5.74. The summed E-state index contributed by atoms with van der Waals surface area (Å²) in [5.41, 5.74) is 2.82. The SMILES string of the molecule is Cc1c(O)ccc(NC(=O)c2csc(C3CCNCC3)n2)c1C. The topological polar surface area (TPSA) is 74.2 Å². The van der Waals surface area contributed by atoms with E-state index in [2.05, 4.69) is 15.6 Å². The Labute approximate surface area is 139 Å². The van der Waals surface area contributed by atoms with E-state index in [1.807, 2.05) is 19.2 Å². The van der Waals surface area contributed by atoms with E-state index in [1.165, 1.54) is 0 Å². The number of carbonyl (C=O) groups excluding carboxylic acids is 1. The average Bonchev–Trinajstić information content (AvgIpc) is 3.06. The van der Waals surface area contributed by atoms with Gasteiger partial charge < -0.3 is 15.7 Å². The van der Waals surface area contributed by atoms with Gasteiger partial charge >= 0.3 is 0 Å². The molecule has 1 aliphatic rings. The molecule has 1 aromatic heterocycles. The first-order valence-corrected chi connectivity index (χ1v) is 8.71. The van der Waals surface area contributed by atoms with Gasteiger partial charge in [0, 0.05) is 17.0 Å². The van der Waals surface area contributed by atoms with Gasteiger partial charge in [-0.2, -0.15) is 0 Å². The van der Waals surface area contributed by atoms with Gasteiger partial charge in [0.2, 0.25) is 0 Å². The summed E-state index contributed by atoms with van der Waals surface area (Å²) in [4.78, 5) is 16.9. The molecule has 122 valence electrons. The standard InChI is InChI=1S/C17H21N3O2S/c1-10-11(2)15(21)4-3-13(10)19-16(22)14-9-23-17(20-14)12-5-7-18-8-6-12/h3-4,9,12,18,21H,5-8H2,1-2H3,(H,19,22). The molecular formula is C17H21N3O2S. The highest BCUT2D eigenvalue weighted by Gasteiger charge is 2.20. The average molecular weight is 331 g/mol. The van der Waals surface area contributed by atoms with Gasteiger partial charge in [-0.15, -0.1) is 11.3 Å². The van der Waals surface area contributed by atoms with Crippen LogP contribution >= 0.6 is 11.3 Å². The smallest absolute Gasteiger partial charge is 0.275 e. The lowest BCUT2D eigenvalue weighted by Crippen LogP contribution is -2.26. The van der Waals surface area contributed by atoms with Crippen LogP contribution in [-0.4, -0.2) is 29.1 Å². The van der Waals surface area contributed by atoms with Crippen molar-refractivity contribution in [2.45, 2.75) is 32.6 Å². The molecule has 6 heteroatoms. The van der Waals surface area contributed by atoms with E-state index in [9.17, 15) is 9.90 Å². The van der Waals surface area contributed by atoms with Crippen molar-refractivity contribution < 1.29 is 9.90 Å². The van der Waals surface area contributed by atoms with E-state index in [1.54, 1.807) is 23.5 Å². The molecule has 0 aliphatic carbocycles. The number of nitrogens with one attached hydrogen (secondary N) is 2. The maximum absolute atomic E-state index is 12.4. The summed E-state index contributed by atoms with van der Waals surface area (Å²) >= 11 is 1.57. The van der Waals surface area contributed by atoms with Crippen LogP contribution in [0.1, 0.15) is 45.4 Å². The minimum absolute atomic E-state index is 0.199. The third-order valence-electron chi connectivity index (χ3n) is 4.45. The van der Waals surface area contributed by atoms with Gasteiger partial charge in [0.25, 0.3) is 5.91 Å². The Hall–Kier alpha value is -1.92. The van der Waals surface area contributed by atoms with Crippen molar-refractivity contribution in [1.82, 2.24) is 10.3 Å². The quantitative estimate of drug-likeness (QED) is 0.755. The molecule has 2 heterocycles. The van der Waals surface area contributed by atoms with E-state index in [-0.39, 0.29) is 11.7 Å². The predicted molar refractivity (Wildman–Crippen MR) is 92.5 cm³/mol. The zero-order chi connectivity index (χ0) is 16.4. The summed E-state index contributed by atoms with van der Waals surface area (Å²) in [5, 5.41) is 18.8. The zero-order valence-corrected chi connectivity index (χ0v) is 14.2. The van der Waals surface area contributed by atoms with E-state index in [4.69, 9.17) is 0 Å². The molecule has 1 saturated heterocycles. The highest BCUT2D eigenvalue weighted by Crippen LogP contribution is 2.29. The molecule has 1 aromatic carbocycles. The van der Waals surface area contributed by atoms with Gasteiger partial charge in [-0.05, 0) is 63.0 Å². The van der Waals surface area contributed by atoms with Crippen LogP contribution in [0.25, 0.3) is 0 Å². The van der Waals surface area contributed by atoms with Crippen molar-refractivity contribution in [3.05, 3.63) is 39.3 Å². The lowest BCUT2D eigenvalue weighted by molar-refractivity contribution is 0.102. The third kappa shape index (κ3) is 3.38. The van der Waals surface area contributed by atoms with Crippen LogP contribution < -0.4 is 10.6 Å². The van der Waals surface area contributed by atoms with Gasteiger partial charge in [0.1, 0.15) is 11.4 Å². The number of hydrogen-bond donors (Lipinski definition) is 3. The Morgan fingerprint density at radius 2 is 2.04 bits per heavy atom. The van der Waals surface area contributed by atoms with Crippen LogP contribution in [0.15, 0.2) is 17.5 Å². The van der Waals surface area contributed by atoms with Crippen LogP contribution in [0.4, 0.5) is 5.69 Å². The Bertz CT molecular complexity index is 721. The lowest BCUT2D eigenvalue weighted by Gasteiger charge is -2.20. The number of nitrogens with zero attached hydrogens (tertiary/aromatic N) is 1. The van der Waals surface area contributed by atoms with Gasteiger partial charge in [0.15, 0.2) is 0 Å². The fourth-order valence-electron chi connectivity index (χ4n) is 2.78. The number of phenols is 1. The van der Waals surface area contributed by atoms with Crippen LogP contribution in [-0.2, 0) is 0 Å². The Kier molecular flexibility index (Phi) is 4.63. The first kappa shape index (κ1) is 16.0. The zero-order valence-electron chi connectivity index (χ0n) is 13.3. The first-order valence-electron chi connectivity index (χ1n) is 7.83. The largest absolute Gasteiger partial charge is 0.508 e. The minimum atomic E-state index is -0.199. The molecule has 0 bridgehead atoms. The molecule has 5 nitrogen and oxygen atoms in total. The van der Waals surface area contributed by atoms with E-state index in [0.717, 1.165) is 42.1 Å². The molecule has 3 rings (SSSR count). The van der Waals surface area contributed by atoms with Gasteiger partial charge in [-0.3, -0.25) is 4.79 Å². The number of piperidine rings is 1. The molecule has 0 spiro atoms. The molecule has 1 fully saturated rings. The molecule has 0 unspecified atom stereocenters. The van der Waals surface area contributed by atoms with Gasteiger partial charge in [-0.1, -0.05) is 0 Å². The van der Waals surface area contributed by atoms with Crippen molar-refractivity contribution >= 4 is 22.9 Å². The van der Waals surface area contributed by atoms with E-state index in [0.29, 0.717) is 17.3 Å². The lowest BCUT2D eigenvalue weighted by atomic mass is 9.99. The van der Waals surface area contributed by atoms with Crippen LogP contribution in [0.3, 0.4) is 0 Å². The summed E-state index contributed by atoms with van der Waals surface area (Å²) in [6.07, 6.45) is 2.15. The predicted octanol–water partition coefficient (Wildman–Crippen LogP) is 3.18. The molecule has 0 radical (unpaired) electrons. The number of carbonyl (C=O) groups is 1. The molecule has 3 N–H and O–H groups in total. The molecule has 1 amide bonds. The Morgan fingerprint density at radius 1 is 1.30 bits per heavy atom. The van der Waals surface area contributed by atoms with Gasteiger partial charge in [0.05, 0.1) is 5.01 Å². The number of phenolic OH excluding ortho intramolecular Hbond substituents is 1.